The van der Waals surface area contributed by atoms with Gasteiger partial charge in [0.1, 0.15) is 11.5 Å². The number of aromatic nitrogens is 1. The molecule has 0 bridgehead atoms. The predicted molar refractivity (Wildman–Crippen MR) is 133 cm³/mol. The summed E-state index contributed by atoms with van der Waals surface area (Å²) in [5.74, 6) is 0.186. The van der Waals surface area contributed by atoms with Crippen LogP contribution < -0.4 is 20.3 Å². The Balaban J connectivity index is 2.96. The summed E-state index contributed by atoms with van der Waals surface area (Å²) < 4.78 is 51.0. The number of alkyl halides is 3. The molecule has 0 spiro atoms. The van der Waals surface area contributed by atoms with E-state index in [9.17, 15) is 27.9 Å². The summed E-state index contributed by atoms with van der Waals surface area (Å²) in [5, 5.41) is 12.7. The van der Waals surface area contributed by atoms with E-state index in [1.807, 2.05) is 48.5 Å². The molecule has 1 aromatic heterocycles. The van der Waals surface area contributed by atoms with Gasteiger partial charge in [-0.3, -0.25) is 4.79 Å². The van der Waals surface area contributed by atoms with Crippen LogP contribution in [0.25, 0.3) is 10.8 Å². The Labute approximate surface area is 209 Å². The van der Waals surface area contributed by atoms with Gasteiger partial charge in [0, 0.05) is 11.9 Å². The third kappa shape index (κ3) is 7.80. The summed E-state index contributed by atoms with van der Waals surface area (Å²) in [7, 11) is 0. The lowest BCUT2D eigenvalue weighted by Crippen LogP contribution is -2.41. The summed E-state index contributed by atoms with van der Waals surface area (Å²) in [6.45, 7) is 12.4. The number of amides is 1. The second-order valence-corrected chi connectivity index (χ2v) is 11.2. The van der Waals surface area contributed by atoms with E-state index in [0.29, 0.717) is 12.1 Å². The van der Waals surface area contributed by atoms with Crippen molar-refractivity contribution < 1.29 is 32.5 Å². The number of ether oxygens (including phenoxy) is 2. The Kier molecular flexibility index (Phi) is 8.96. The Morgan fingerprint density at radius 1 is 1.08 bits per heavy atom. The van der Waals surface area contributed by atoms with Crippen molar-refractivity contribution in [2.75, 3.05) is 13.2 Å². The van der Waals surface area contributed by atoms with E-state index in [2.05, 4.69) is 5.32 Å². The van der Waals surface area contributed by atoms with E-state index in [1.165, 1.54) is 22.8 Å². The molecule has 1 heterocycles. The van der Waals surface area contributed by atoms with E-state index < -0.39 is 30.3 Å². The fourth-order valence-corrected chi connectivity index (χ4v) is 3.88. The normalized spacial score (nSPS) is 13.5. The molecule has 1 unspecified atom stereocenters. The van der Waals surface area contributed by atoms with Gasteiger partial charge >= 0.3 is 12.3 Å². The number of hydrogen-bond acceptors (Lipinski definition) is 4. The van der Waals surface area contributed by atoms with Crippen molar-refractivity contribution in [1.82, 2.24) is 9.88 Å². The van der Waals surface area contributed by atoms with Crippen molar-refractivity contribution >= 4 is 16.9 Å². The summed E-state index contributed by atoms with van der Waals surface area (Å²) in [6.07, 6.45) is -4.29. The van der Waals surface area contributed by atoms with Crippen molar-refractivity contribution in [3.8, 4) is 11.5 Å². The number of nitrogens with zero attached hydrogens (tertiary/aromatic N) is 1. The number of hydrogen-bond donors (Lipinski definition) is 2. The van der Waals surface area contributed by atoms with Crippen LogP contribution in [0.4, 0.5) is 18.0 Å². The Morgan fingerprint density at radius 3 is 2.22 bits per heavy atom. The van der Waals surface area contributed by atoms with Crippen LogP contribution in [0.5, 0.6) is 11.5 Å². The first-order chi connectivity index (χ1) is 16.4. The minimum atomic E-state index is -4.53. The van der Waals surface area contributed by atoms with Crippen LogP contribution >= 0.6 is 0 Å². The Bertz CT molecular complexity index is 1130. The van der Waals surface area contributed by atoms with Gasteiger partial charge in [-0.1, -0.05) is 54.9 Å². The van der Waals surface area contributed by atoms with E-state index in [0.717, 1.165) is 6.42 Å². The Morgan fingerprint density at radius 2 is 1.72 bits per heavy atom. The molecule has 0 saturated carbocycles. The smallest absolute Gasteiger partial charge is 0.422 e. The molecule has 0 aliphatic rings. The number of benzene rings is 1. The first kappa shape index (κ1) is 29.3. The predicted octanol–water partition coefficient (Wildman–Crippen LogP) is 6.52. The summed E-state index contributed by atoms with van der Waals surface area (Å²) >= 11 is 0. The molecule has 36 heavy (non-hydrogen) atoms. The number of fused-ring (bicyclic) bond motifs is 1. The second kappa shape index (κ2) is 11.0. The minimum Gasteiger partial charge on any atom is -0.491 e. The van der Waals surface area contributed by atoms with Crippen LogP contribution in [-0.2, 0) is 6.54 Å². The summed E-state index contributed by atoms with van der Waals surface area (Å²) in [6, 6.07) is 3.25. The number of carbonyl (C=O) groups is 1. The zero-order valence-corrected chi connectivity index (χ0v) is 22.0. The second-order valence-electron chi connectivity index (χ2n) is 11.2. The number of unbranched alkanes of at least 4 members (excludes halogenated alkanes) is 1. The number of carboxylic acid groups (broad SMARTS) is 1. The van der Waals surface area contributed by atoms with Crippen LogP contribution in [0.3, 0.4) is 0 Å². The highest BCUT2D eigenvalue weighted by Crippen LogP contribution is 2.42. The topological polar surface area (TPSA) is 89.8 Å². The third-order valence-corrected chi connectivity index (χ3v) is 5.42. The first-order valence-electron chi connectivity index (χ1n) is 12.0. The van der Waals surface area contributed by atoms with Crippen LogP contribution in [-0.4, -0.2) is 35.2 Å². The van der Waals surface area contributed by atoms with E-state index in [1.54, 1.807) is 0 Å². The molecule has 0 radical (unpaired) electrons. The molecule has 0 aliphatic heterocycles. The lowest BCUT2D eigenvalue weighted by Gasteiger charge is -2.35. The van der Waals surface area contributed by atoms with Crippen LogP contribution in [0.15, 0.2) is 23.0 Å². The van der Waals surface area contributed by atoms with Crippen molar-refractivity contribution in [2.45, 2.75) is 80.1 Å². The molecule has 7 nitrogen and oxygen atoms in total. The van der Waals surface area contributed by atoms with E-state index >= 15 is 0 Å². The highest BCUT2D eigenvalue weighted by molar-refractivity contribution is 5.90. The van der Waals surface area contributed by atoms with Gasteiger partial charge < -0.3 is 24.5 Å². The largest absolute Gasteiger partial charge is 0.491 e. The maximum Gasteiger partial charge on any atom is 0.422 e. The number of nitrogens with one attached hydrogen (secondary N) is 1. The molecule has 10 heteroatoms. The monoisotopic (exact) mass is 514 g/mol. The van der Waals surface area contributed by atoms with Gasteiger partial charge in [-0.2, -0.15) is 13.2 Å². The zero-order chi connectivity index (χ0) is 27.5. The molecule has 2 N–H and O–H groups in total. The van der Waals surface area contributed by atoms with Gasteiger partial charge in [-0.15, -0.1) is 0 Å². The molecule has 0 fully saturated rings. The van der Waals surface area contributed by atoms with Crippen molar-refractivity contribution in [2.24, 2.45) is 10.8 Å². The summed E-state index contributed by atoms with van der Waals surface area (Å²) in [4.78, 5) is 25.6. The van der Waals surface area contributed by atoms with Gasteiger partial charge in [0.05, 0.1) is 23.7 Å². The average Bonchev–Trinajstić information content (AvgIpc) is 2.71. The molecule has 2 rings (SSSR count). The maximum absolute atomic E-state index is 13.8. The number of pyridine rings is 1. The van der Waals surface area contributed by atoms with Crippen molar-refractivity contribution in [3.05, 3.63) is 34.2 Å². The standard InChI is InChI=1S/C26H37F3N2O5/c1-8-9-12-35-20-18-13-16(36-15-26(27,28)29)10-11-17(18)22(32)31(14-24(2,3)4)19(20)21(25(5,6)7)30-23(33)34/h10-11,13,21,30H,8-9,12,14-15H2,1-7H3,(H,33,34). The van der Waals surface area contributed by atoms with Crippen molar-refractivity contribution in [1.29, 1.82) is 0 Å². The molecular formula is C26H37F3N2O5. The summed E-state index contributed by atoms with van der Waals surface area (Å²) in [5.41, 5.74) is -1.08. The number of halogens is 3. The highest BCUT2D eigenvalue weighted by atomic mass is 19.4. The Hall–Kier alpha value is -2.91. The molecule has 202 valence electrons. The molecule has 1 atom stereocenters. The first-order valence-corrected chi connectivity index (χ1v) is 12.0. The molecule has 2 aromatic rings. The fraction of sp³-hybridized carbons (Fsp3) is 0.615. The lowest BCUT2D eigenvalue weighted by atomic mass is 9.83. The zero-order valence-electron chi connectivity index (χ0n) is 22.0. The minimum absolute atomic E-state index is 0.0717. The van der Waals surface area contributed by atoms with Crippen LogP contribution in [0.2, 0.25) is 0 Å². The lowest BCUT2D eigenvalue weighted by molar-refractivity contribution is -0.153. The van der Waals surface area contributed by atoms with Gasteiger partial charge in [-0.05, 0) is 35.4 Å². The van der Waals surface area contributed by atoms with Gasteiger partial charge in [-0.25, -0.2) is 4.79 Å². The molecule has 1 amide bonds. The number of rotatable bonds is 9. The van der Waals surface area contributed by atoms with E-state index in [4.69, 9.17) is 9.47 Å². The average molecular weight is 515 g/mol. The van der Waals surface area contributed by atoms with Gasteiger partial charge in [0.25, 0.3) is 5.56 Å². The highest BCUT2D eigenvalue weighted by Gasteiger charge is 2.36. The SMILES string of the molecule is CCCCOc1c(C(NC(=O)O)C(C)(C)C)n(CC(C)(C)C)c(=O)c2ccc(OCC(F)(F)F)cc12. The molecular weight excluding hydrogens is 477 g/mol. The van der Waals surface area contributed by atoms with Crippen LogP contribution in [0.1, 0.15) is 73.0 Å². The third-order valence-electron chi connectivity index (χ3n) is 5.42. The quantitative estimate of drug-likeness (QED) is 0.372. The van der Waals surface area contributed by atoms with Crippen LogP contribution in [0, 0.1) is 10.8 Å². The molecule has 0 aliphatic carbocycles. The van der Waals surface area contributed by atoms with E-state index in [-0.39, 0.29) is 46.4 Å². The maximum atomic E-state index is 13.8. The van der Waals surface area contributed by atoms with Gasteiger partial charge in [0.2, 0.25) is 0 Å². The molecule has 0 saturated heterocycles. The van der Waals surface area contributed by atoms with Crippen molar-refractivity contribution in [3.63, 3.8) is 0 Å². The molecule has 1 aromatic carbocycles. The fourth-order valence-electron chi connectivity index (χ4n) is 3.88. The van der Waals surface area contributed by atoms with Gasteiger partial charge in [0.15, 0.2) is 6.61 Å².